The van der Waals surface area contributed by atoms with Crippen molar-refractivity contribution in [1.29, 1.82) is 0 Å². The van der Waals surface area contributed by atoms with Gasteiger partial charge in [-0.1, -0.05) is 6.42 Å². The molecule has 0 unspecified atom stereocenters. The monoisotopic (exact) mass is 346 g/mol. The highest BCUT2D eigenvalue weighted by Gasteiger charge is 2.45. The highest BCUT2D eigenvalue weighted by Crippen LogP contribution is 2.46. The largest absolute Gasteiger partial charge is 0.381 e. The molecule has 0 bridgehead atoms. The van der Waals surface area contributed by atoms with Gasteiger partial charge in [-0.3, -0.25) is 4.68 Å². The van der Waals surface area contributed by atoms with E-state index in [9.17, 15) is 4.79 Å². The number of rotatable bonds is 2. The second kappa shape index (κ2) is 6.98. The van der Waals surface area contributed by atoms with Gasteiger partial charge in [-0.15, -0.1) is 0 Å². The summed E-state index contributed by atoms with van der Waals surface area (Å²) in [7, 11) is 1.97. The van der Waals surface area contributed by atoms with Gasteiger partial charge in [-0.05, 0) is 56.4 Å². The number of ether oxygens (including phenoxy) is 1. The summed E-state index contributed by atoms with van der Waals surface area (Å²) >= 11 is 0. The molecule has 1 aromatic heterocycles. The van der Waals surface area contributed by atoms with Crippen LogP contribution in [-0.2, 0) is 11.8 Å². The van der Waals surface area contributed by atoms with E-state index >= 15 is 0 Å². The highest BCUT2D eigenvalue weighted by molar-refractivity contribution is 5.75. The molecule has 6 heteroatoms. The van der Waals surface area contributed by atoms with E-state index in [1.165, 1.54) is 19.3 Å². The molecule has 3 heterocycles. The first-order valence-corrected chi connectivity index (χ1v) is 9.82. The van der Waals surface area contributed by atoms with Gasteiger partial charge in [0.05, 0.1) is 11.7 Å². The lowest BCUT2D eigenvalue weighted by atomic mass is 9.75. The summed E-state index contributed by atoms with van der Waals surface area (Å²) < 4.78 is 7.48. The van der Waals surface area contributed by atoms with Crippen molar-refractivity contribution in [2.24, 2.45) is 12.5 Å². The van der Waals surface area contributed by atoms with Crippen LogP contribution in [0.25, 0.3) is 0 Å². The minimum Gasteiger partial charge on any atom is -0.381 e. The number of aryl methyl sites for hydroxylation is 1. The molecule has 1 saturated carbocycles. The first kappa shape index (κ1) is 16.9. The van der Waals surface area contributed by atoms with E-state index in [1.54, 1.807) is 0 Å². The van der Waals surface area contributed by atoms with Gasteiger partial charge in [0.25, 0.3) is 0 Å². The fourth-order valence-corrected chi connectivity index (χ4v) is 5.17. The number of carbonyl (C=O) groups excluding carboxylic acids is 1. The van der Waals surface area contributed by atoms with Crippen LogP contribution in [0.1, 0.15) is 63.1 Å². The second-order valence-corrected chi connectivity index (χ2v) is 7.95. The molecule has 3 aliphatic rings. The Kier molecular flexibility index (Phi) is 4.71. The van der Waals surface area contributed by atoms with E-state index in [0.717, 1.165) is 57.6 Å². The molecule has 6 nitrogen and oxygen atoms in total. The van der Waals surface area contributed by atoms with Crippen molar-refractivity contribution in [3.8, 4) is 0 Å². The Hall–Kier alpha value is -1.56. The lowest BCUT2D eigenvalue weighted by molar-refractivity contribution is 0.00482. The quantitative estimate of drug-likeness (QED) is 0.895. The molecule has 1 spiro atoms. The molecule has 2 saturated heterocycles. The zero-order valence-electron chi connectivity index (χ0n) is 15.2. The zero-order chi connectivity index (χ0) is 17.3. The third-order valence-electron chi connectivity index (χ3n) is 6.66. The molecule has 1 N–H and O–H groups in total. The number of urea groups is 1. The van der Waals surface area contributed by atoms with Crippen LogP contribution in [0.4, 0.5) is 4.79 Å². The summed E-state index contributed by atoms with van der Waals surface area (Å²) in [6.07, 6.45) is 10.8. The first-order valence-electron chi connectivity index (χ1n) is 9.82. The third kappa shape index (κ3) is 3.16. The molecule has 1 aromatic rings. The van der Waals surface area contributed by atoms with Crippen LogP contribution >= 0.6 is 0 Å². The standard InChI is InChI=1S/C19H30N4O2/c1-22-15(7-11-20-22)16-5-2-3-12-23(16)18(24)21-17-6-4-8-19(17)9-13-25-14-10-19/h7,11,16-17H,2-6,8-10,12-14H2,1H3,(H,21,24)/t16-,17+/m0/s1. The summed E-state index contributed by atoms with van der Waals surface area (Å²) in [5.74, 6) is 0. The molecule has 2 aliphatic heterocycles. The smallest absolute Gasteiger partial charge is 0.318 e. The van der Waals surface area contributed by atoms with Crippen LogP contribution in [0.5, 0.6) is 0 Å². The maximum Gasteiger partial charge on any atom is 0.318 e. The number of carbonyl (C=O) groups is 1. The van der Waals surface area contributed by atoms with E-state index < -0.39 is 0 Å². The van der Waals surface area contributed by atoms with Gasteiger partial charge in [0, 0.05) is 39.0 Å². The topological polar surface area (TPSA) is 59.4 Å². The highest BCUT2D eigenvalue weighted by atomic mass is 16.5. The van der Waals surface area contributed by atoms with Crippen molar-refractivity contribution in [3.05, 3.63) is 18.0 Å². The van der Waals surface area contributed by atoms with E-state index in [2.05, 4.69) is 10.4 Å². The lowest BCUT2D eigenvalue weighted by Gasteiger charge is -2.41. The Labute approximate surface area is 149 Å². The number of hydrogen-bond acceptors (Lipinski definition) is 3. The van der Waals surface area contributed by atoms with Crippen LogP contribution < -0.4 is 5.32 Å². The van der Waals surface area contributed by atoms with Gasteiger partial charge in [0.2, 0.25) is 0 Å². The van der Waals surface area contributed by atoms with Crippen LogP contribution in [0.15, 0.2) is 12.3 Å². The molecule has 25 heavy (non-hydrogen) atoms. The first-order chi connectivity index (χ1) is 12.2. The van der Waals surface area contributed by atoms with Crippen molar-refractivity contribution in [2.45, 2.75) is 63.5 Å². The minimum atomic E-state index is 0.115. The van der Waals surface area contributed by atoms with Gasteiger partial charge in [-0.25, -0.2) is 4.79 Å². The van der Waals surface area contributed by atoms with Crippen LogP contribution in [0.3, 0.4) is 0 Å². The van der Waals surface area contributed by atoms with Crippen molar-refractivity contribution in [2.75, 3.05) is 19.8 Å². The predicted octanol–water partition coefficient (Wildman–Crippen LogP) is 3.01. The van der Waals surface area contributed by atoms with E-state index in [4.69, 9.17) is 4.74 Å². The molecular formula is C19H30N4O2. The number of nitrogens with zero attached hydrogens (tertiary/aromatic N) is 3. The summed E-state index contributed by atoms with van der Waals surface area (Å²) in [5, 5.41) is 7.72. The van der Waals surface area contributed by atoms with Gasteiger partial charge in [-0.2, -0.15) is 5.10 Å². The van der Waals surface area contributed by atoms with Gasteiger partial charge in [0.15, 0.2) is 0 Å². The Morgan fingerprint density at radius 1 is 1.24 bits per heavy atom. The van der Waals surface area contributed by atoms with Gasteiger partial charge < -0.3 is 15.0 Å². The molecule has 0 radical (unpaired) electrons. The summed E-state index contributed by atoms with van der Waals surface area (Å²) in [6.45, 7) is 2.52. The third-order valence-corrected chi connectivity index (χ3v) is 6.66. The number of aromatic nitrogens is 2. The number of amides is 2. The number of piperidine rings is 1. The summed E-state index contributed by atoms with van der Waals surface area (Å²) in [6, 6.07) is 2.61. The van der Waals surface area contributed by atoms with Crippen molar-refractivity contribution in [1.82, 2.24) is 20.0 Å². The number of nitrogens with one attached hydrogen (secondary N) is 1. The van der Waals surface area contributed by atoms with E-state index in [0.29, 0.717) is 6.04 Å². The van der Waals surface area contributed by atoms with Crippen LogP contribution in [0.2, 0.25) is 0 Å². The predicted molar refractivity (Wildman–Crippen MR) is 95.2 cm³/mol. The number of hydrogen-bond donors (Lipinski definition) is 1. The average molecular weight is 346 g/mol. The molecule has 4 rings (SSSR count). The summed E-state index contributed by atoms with van der Waals surface area (Å²) in [5.41, 5.74) is 1.41. The lowest BCUT2D eigenvalue weighted by Crippen LogP contribution is -2.53. The Bertz CT molecular complexity index is 608. The summed E-state index contributed by atoms with van der Waals surface area (Å²) in [4.78, 5) is 15.2. The molecule has 3 fully saturated rings. The fraction of sp³-hybridized carbons (Fsp3) is 0.789. The molecule has 138 valence electrons. The molecule has 2 atom stereocenters. The van der Waals surface area contributed by atoms with Gasteiger partial charge in [0.1, 0.15) is 0 Å². The molecular weight excluding hydrogens is 316 g/mol. The van der Waals surface area contributed by atoms with Crippen LogP contribution in [-0.4, -0.2) is 46.5 Å². The van der Waals surface area contributed by atoms with Crippen LogP contribution in [0, 0.1) is 5.41 Å². The SMILES string of the molecule is Cn1nccc1[C@@H]1CCCCN1C(=O)N[C@@H]1CCCC12CCOCC2. The van der Waals surface area contributed by atoms with E-state index in [-0.39, 0.29) is 17.5 Å². The van der Waals surface area contributed by atoms with Gasteiger partial charge >= 0.3 is 6.03 Å². The minimum absolute atomic E-state index is 0.115. The Morgan fingerprint density at radius 3 is 2.84 bits per heavy atom. The van der Waals surface area contributed by atoms with Crippen molar-refractivity contribution >= 4 is 6.03 Å². The average Bonchev–Trinajstić information content (AvgIpc) is 3.22. The van der Waals surface area contributed by atoms with Crippen molar-refractivity contribution in [3.63, 3.8) is 0 Å². The molecule has 2 amide bonds. The maximum atomic E-state index is 13.2. The Morgan fingerprint density at radius 2 is 2.08 bits per heavy atom. The van der Waals surface area contributed by atoms with E-state index in [1.807, 2.05) is 28.9 Å². The molecule has 0 aromatic carbocycles. The number of likely N-dealkylation sites (tertiary alicyclic amines) is 1. The van der Waals surface area contributed by atoms with Crippen molar-refractivity contribution < 1.29 is 9.53 Å². The maximum absolute atomic E-state index is 13.2. The second-order valence-electron chi connectivity index (χ2n) is 7.95. The zero-order valence-corrected chi connectivity index (χ0v) is 15.2. The molecule has 1 aliphatic carbocycles. The fourth-order valence-electron chi connectivity index (χ4n) is 5.17. The normalized spacial score (nSPS) is 29.1. The Balaban J connectivity index is 1.48.